The van der Waals surface area contributed by atoms with Crippen LogP contribution in [0.15, 0.2) is 64.2 Å². The van der Waals surface area contributed by atoms with Crippen molar-refractivity contribution in [3.63, 3.8) is 0 Å². The van der Waals surface area contributed by atoms with Gasteiger partial charge in [0.15, 0.2) is 16.6 Å². The second-order valence-electron chi connectivity index (χ2n) is 10.5. The summed E-state index contributed by atoms with van der Waals surface area (Å²) in [6.07, 6.45) is 7.15. The molecule has 1 unspecified atom stereocenters. The highest BCUT2D eigenvalue weighted by atomic mass is 32.2. The number of hydrogen-bond acceptors (Lipinski definition) is 8. The van der Waals surface area contributed by atoms with Gasteiger partial charge in [-0.2, -0.15) is 8.42 Å². The minimum atomic E-state index is -4.51. The SMILES string of the molecule is O=C(NC(CC1CCCCC1)C(=O)N([C@H]1CCCNCC1=O)S(=O)(=O)c1ccccn1)c1cc2ccccc2o1. The molecule has 2 amide bonds. The predicted octanol–water partition coefficient (Wildman–Crippen LogP) is 3.44. The van der Waals surface area contributed by atoms with Gasteiger partial charge in [0.1, 0.15) is 17.7 Å². The fourth-order valence-corrected chi connectivity index (χ4v) is 7.22. The largest absolute Gasteiger partial charge is 0.451 e. The van der Waals surface area contributed by atoms with Crippen LogP contribution in [-0.4, -0.2) is 60.5 Å². The molecule has 2 aliphatic rings. The van der Waals surface area contributed by atoms with Gasteiger partial charge >= 0.3 is 0 Å². The Balaban J connectivity index is 1.51. The van der Waals surface area contributed by atoms with Gasteiger partial charge in [-0.3, -0.25) is 14.4 Å². The smallest absolute Gasteiger partial charge is 0.287 e. The van der Waals surface area contributed by atoms with Crippen molar-refractivity contribution in [2.75, 3.05) is 13.1 Å². The quantitative estimate of drug-likeness (QED) is 0.423. The van der Waals surface area contributed by atoms with Gasteiger partial charge in [0.2, 0.25) is 0 Å². The molecule has 0 radical (unpaired) electrons. The molecule has 3 aromatic rings. The number of pyridine rings is 1. The lowest BCUT2D eigenvalue weighted by molar-refractivity contribution is -0.135. The van der Waals surface area contributed by atoms with Crippen molar-refractivity contribution in [2.45, 2.75) is 68.5 Å². The van der Waals surface area contributed by atoms with E-state index in [9.17, 15) is 22.8 Å². The molecular weight excluding hydrogens is 532 g/mol. The summed E-state index contributed by atoms with van der Waals surface area (Å²) in [4.78, 5) is 44.9. The minimum Gasteiger partial charge on any atom is -0.451 e. The number of sulfonamides is 1. The van der Waals surface area contributed by atoms with Gasteiger partial charge in [-0.15, -0.1) is 0 Å². The van der Waals surface area contributed by atoms with Crippen LogP contribution in [0.4, 0.5) is 0 Å². The van der Waals surface area contributed by atoms with Gasteiger partial charge in [0.05, 0.1) is 6.54 Å². The zero-order chi connectivity index (χ0) is 28.1. The lowest BCUT2D eigenvalue weighted by atomic mass is 9.84. The molecule has 212 valence electrons. The first kappa shape index (κ1) is 28.0. The molecule has 1 aliphatic heterocycles. The maximum absolute atomic E-state index is 14.3. The molecule has 1 saturated carbocycles. The second kappa shape index (κ2) is 12.3. The van der Waals surface area contributed by atoms with Crippen LogP contribution in [-0.2, 0) is 19.6 Å². The third kappa shape index (κ3) is 6.10. The summed E-state index contributed by atoms with van der Waals surface area (Å²) in [5, 5.41) is 6.18. The number of carbonyl (C=O) groups is 3. The van der Waals surface area contributed by atoms with E-state index in [1.54, 1.807) is 24.3 Å². The van der Waals surface area contributed by atoms with E-state index in [-0.39, 0.29) is 36.1 Å². The number of benzene rings is 1. The number of furan rings is 1. The number of hydrogen-bond donors (Lipinski definition) is 2. The highest BCUT2D eigenvalue weighted by molar-refractivity contribution is 7.89. The van der Waals surface area contributed by atoms with Crippen LogP contribution < -0.4 is 10.6 Å². The van der Waals surface area contributed by atoms with Crippen molar-refractivity contribution >= 4 is 38.6 Å². The third-order valence-electron chi connectivity index (χ3n) is 7.71. The molecule has 0 spiro atoms. The van der Waals surface area contributed by atoms with Gasteiger partial charge < -0.3 is 15.1 Å². The van der Waals surface area contributed by atoms with E-state index in [0.29, 0.717) is 22.9 Å². The van der Waals surface area contributed by atoms with Crippen molar-refractivity contribution in [1.82, 2.24) is 19.9 Å². The average Bonchev–Trinajstić information content (AvgIpc) is 3.31. The molecule has 11 heteroatoms. The highest BCUT2D eigenvalue weighted by Crippen LogP contribution is 2.30. The van der Waals surface area contributed by atoms with Crippen LogP contribution in [0.3, 0.4) is 0 Å². The third-order valence-corrected chi connectivity index (χ3v) is 9.43. The summed E-state index contributed by atoms with van der Waals surface area (Å²) in [7, 11) is -4.51. The summed E-state index contributed by atoms with van der Waals surface area (Å²) in [5.41, 5.74) is 0.527. The van der Waals surface area contributed by atoms with Crippen LogP contribution >= 0.6 is 0 Å². The van der Waals surface area contributed by atoms with E-state index >= 15 is 0 Å². The van der Waals surface area contributed by atoms with Crippen LogP contribution in [0.2, 0.25) is 0 Å². The van der Waals surface area contributed by atoms with E-state index < -0.39 is 39.7 Å². The molecule has 1 saturated heterocycles. The standard InChI is InChI=1S/C29H34N4O6S/c34-24-19-30-15-8-12-23(24)33(40(37,38)27-14-6-7-16-31-27)29(36)22(17-20-9-2-1-3-10-20)32-28(35)26-18-21-11-4-5-13-25(21)39-26/h4-7,11,13-14,16,18,20,22-23,30H,1-3,8-10,12,15,17,19H2,(H,32,35)/t22?,23-/m0/s1. The zero-order valence-electron chi connectivity index (χ0n) is 22.3. The number of rotatable bonds is 8. The first-order chi connectivity index (χ1) is 19.3. The Labute approximate surface area is 233 Å². The summed E-state index contributed by atoms with van der Waals surface area (Å²) in [6, 6.07) is 10.8. The molecule has 2 aromatic heterocycles. The fraction of sp³-hybridized carbons (Fsp3) is 0.448. The molecule has 1 aromatic carbocycles. The second-order valence-corrected chi connectivity index (χ2v) is 12.3. The van der Waals surface area contributed by atoms with Gasteiger partial charge in [-0.1, -0.05) is 56.4 Å². The van der Waals surface area contributed by atoms with E-state index in [4.69, 9.17) is 4.42 Å². The molecule has 40 heavy (non-hydrogen) atoms. The zero-order valence-corrected chi connectivity index (χ0v) is 23.1. The summed E-state index contributed by atoms with van der Waals surface area (Å²) < 4.78 is 34.3. The average molecular weight is 567 g/mol. The fourth-order valence-electron chi connectivity index (χ4n) is 5.65. The minimum absolute atomic E-state index is 0.0246. The van der Waals surface area contributed by atoms with E-state index in [1.165, 1.54) is 18.3 Å². The highest BCUT2D eigenvalue weighted by Gasteiger charge is 2.44. The number of fused-ring (bicyclic) bond motifs is 1. The van der Waals surface area contributed by atoms with Crippen LogP contribution in [0.5, 0.6) is 0 Å². The summed E-state index contributed by atoms with van der Waals surface area (Å²) in [6.45, 7) is 0.479. The van der Waals surface area contributed by atoms with Crippen LogP contribution in [0, 0.1) is 5.92 Å². The van der Waals surface area contributed by atoms with Gasteiger partial charge in [-0.05, 0) is 56.0 Å². The predicted molar refractivity (Wildman–Crippen MR) is 148 cm³/mol. The maximum Gasteiger partial charge on any atom is 0.287 e. The van der Waals surface area contributed by atoms with Crippen LogP contribution in [0.25, 0.3) is 11.0 Å². The molecular formula is C29H34N4O6S. The van der Waals surface area contributed by atoms with Gasteiger partial charge in [0.25, 0.3) is 21.8 Å². The first-order valence-electron chi connectivity index (χ1n) is 13.9. The van der Waals surface area contributed by atoms with Gasteiger partial charge in [-0.25, -0.2) is 9.29 Å². The van der Waals surface area contributed by atoms with Gasteiger partial charge in [0, 0.05) is 11.6 Å². The molecule has 0 bridgehead atoms. The Morgan fingerprint density at radius 3 is 2.58 bits per heavy atom. The number of aromatic nitrogens is 1. The van der Waals surface area contributed by atoms with Crippen molar-refractivity contribution in [3.8, 4) is 0 Å². The van der Waals surface area contributed by atoms with Crippen molar-refractivity contribution < 1.29 is 27.2 Å². The Morgan fingerprint density at radius 2 is 1.82 bits per heavy atom. The topological polar surface area (TPSA) is 139 Å². The lowest BCUT2D eigenvalue weighted by Gasteiger charge is -2.33. The van der Waals surface area contributed by atoms with Crippen LogP contribution in [0.1, 0.15) is 61.9 Å². The number of nitrogens with one attached hydrogen (secondary N) is 2. The Morgan fingerprint density at radius 1 is 1.05 bits per heavy atom. The Hall–Kier alpha value is -3.57. The monoisotopic (exact) mass is 566 g/mol. The molecule has 10 nitrogen and oxygen atoms in total. The molecule has 2 N–H and O–H groups in total. The molecule has 5 rings (SSSR count). The maximum atomic E-state index is 14.3. The normalized spacial score (nSPS) is 19.6. The number of carbonyl (C=O) groups excluding carboxylic acids is 3. The summed E-state index contributed by atoms with van der Waals surface area (Å²) in [5.74, 6) is -1.69. The lowest BCUT2D eigenvalue weighted by Crippen LogP contribution is -2.57. The number of ketones is 1. The van der Waals surface area contributed by atoms with E-state index in [0.717, 1.165) is 37.5 Å². The molecule has 2 atom stereocenters. The van der Waals surface area contributed by atoms with Crippen molar-refractivity contribution in [1.29, 1.82) is 0 Å². The number of Topliss-reactive ketones (excluding diaryl/α,β-unsaturated/α-hetero) is 1. The van der Waals surface area contributed by atoms with E-state index in [2.05, 4.69) is 15.6 Å². The summed E-state index contributed by atoms with van der Waals surface area (Å²) >= 11 is 0. The van der Waals surface area contributed by atoms with E-state index in [1.807, 2.05) is 12.1 Å². The number of amides is 2. The number of nitrogens with zero attached hydrogens (tertiary/aromatic N) is 2. The van der Waals surface area contributed by atoms with Crippen molar-refractivity contribution in [2.24, 2.45) is 5.92 Å². The Kier molecular flexibility index (Phi) is 8.60. The first-order valence-corrected chi connectivity index (χ1v) is 15.3. The molecule has 2 fully saturated rings. The van der Waals surface area contributed by atoms with Crippen molar-refractivity contribution in [3.05, 3.63) is 60.5 Å². The molecule has 1 aliphatic carbocycles. The number of para-hydroxylation sites is 1. The Bertz CT molecular complexity index is 1430. The molecule has 3 heterocycles.